The summed E-state index contributed by atoms with van der Waals surface area (Å²) in [5, 5.41) is 19.0. The number of likely N-dealkylation sites (N-methyl/N-ethyl adjacent to an activating group) is 1. The summed E-state index contributed by atoms with van der Waals surface area (Å²) in [7, 11) is 0. The molecule has 6 nitrogen and oxygen atoms in total. The Bertz CT molecular complexity index is 210. The maximum absolute atomic E-state index is 10.2. The highest BCUT2D eigenvalue weighted by atomic mass is 16.4. The molecule has 0 heterocycles. The second-order valence-corrected chi connectivity index (χ2v) is 3.61. The third kappa shape index (κ3) is 17.5. The Labute approximate surface area is 102 Å². The second-order valence-electron chi connectivity index (χ2n) is 3.61. The van der Waals surface area contributed by atoms with E-state index in [1.165, 1.54) is 0 Å². The van der Waals surface area contributed by atoms with Crippen molar-refractivity contribution in [3.05, 3.63) is 0 Å². The molecule has 0 aliphatic heterocycles. The highest BCUT2D eigenvalue weighted by molar-refractivity contribution is 5.72. The average molecular weight is 248 g/mol. The zero-order chi connectivity index (χ0) is 13.7. The molecular formula is C11H24N2O4. The van der Waals surface area contributed by atoms with Gasteiger partial charge in [-0.05, 0) is 13.0 Å². The van der Waals surface area contributed by atoms with Gasteiger partial charge in [0.25, 0.3) is 0 Å². The fourth-order valence-corrected chi connectivity index (χ4v) is 0.970. The van der Waals surface area contributed by atoms with Crippen LogP contribution >= 0.6 is 0 Å². The van der Waals surface area contributed by atoms with Crippen molar-refractivity contribution in [2.75, 3.05) is 13.1 Å². The average Bonchev–Trinajstić information content (AvgIpc) is 2.27. The number of carboxylic acid groups (broad SMARTS) is 2. The third-order valence-corrected chi connectivity index (χ3v) is 1.96. The van der Waals surface area contributed by atoms with Gasteiger partial charge in [-0.15, -0.1) is 0 Å². The highest BCUT2D eigenvalue weighted by Gasteiger charge is 2.09. The summed E-state index contributed by atoms with van der Waals surface area (Å²) in [5.41, 5.74) is 5.26. The predicted molar refractivity (Wildman–Crippen MR) is 65.9 cm³/mol. The molecule has 102 valence electrons. The molecule has 5 N–H and O–H groups in total. The Morgan fingerprint density at radius 2 is 1.82 bits per heavy atom. The first-order chi connectivity index (χ1) is 7.95. The number of rotatable bonds is 8. The van der Waals surface area contributed by atoms with Gasteiger partial charge < -0.3 is 21.3 Å². The Hall–Kier alpha value is -1.14. The Morgan fingerprint density at radius 3 is 2.12 bits per heavy atom. The number of carbonyl (C=O) groups is 2. The van der Waals surface area contributed by atoms with E-state index in [1.54, 1.807) is 0 Å². The van der Waals surface area contributed by atoms with Crippen molar-refractivity contribution in [3.63, 3.8) is 0 Å². The van der Waals surface area contributed by atoms with Crippen LogP contribution in [0.3, 0.4) is 0 Å². The first kappa shape index (κ1) is 18.2. The van der Waals surface area contributed by atoms with Gasteiger partial charge in [-0.2, -0.15) is 0 Å². The van der Waals surface area contributed by atoms with E-state index in [1.807, 2.05) is 6.92 Å². The molecule has 0 aliphatic rings. The number of unbranched alkanes of at least 4 members (excludes halogenated alkanes) is 2. The predicted octanol–water partition coefficient (Wildman–Crippen LogP) is 0.659. The van der Waals surface area contributed by atoms with Crippen LogP contribution in [0.4, 0.5) is 0 Å². The molecule has 6 heteroatoms. The van der Waals surface area contributed by atoms with Gasteiger partial charge in [-0.25, -0.2) is 0 Å². The number of nitrogens with two attached hydrogens (primary N) is 1. The fourth-order valence-electron chi connectivity index (χ4n) is 0.970. The molecule has 0 amide bonds. The molecule has 0 aliphatic carbocycles. The lowest BCUT2D eigenvalue weighted by Gasteiger charge is -2.03. The summed E-state index contributed by atoms with van der Waals surface area (Å²) in [6.07, 6.45) is 3.69. The summed E-state index contributed by atoms with van der Waals surface area (Å²) in [6, 6.07) is -0.661. The topological polar surface area (TPSA) is 113 Å². The molecule has 1 atom stereocenters. The fraction of sp³-hybridized carbons (Fsp3) is 0.818. The van der Waals surface area contributed by atoms with Crippen molar-refractivity contribution in [2.45, 2.75) is 45.6 Å². The smallest absolute Gasteiger partial charge is 0.320 e. The van der Waals surface area contributed by atoms with Gasteiger partial charge in [0.05, 0.1) is 6.54 Å². The molecule has 0 spiro atoms. The van der Waals surface area contributed by atoms with Crippen molar-refractivity contribution in [1.82, 2.24) is 5.32 Å². The van der Waals surface area contributed by atoms with Gasteiger partial charge in [0.1, 0.15) is 6.04 Å². The minimum Gasteiger partial charge on any atom is -0.480 e. The number of aliphatic carboxylic acids is 2. The Morgan fingerprint density at radius 1 is 1.24 bits per heavy atom. The van der Waals surface area contributed by atoms with E-state index in [0.29, 0.717) is 13.0 Å². The lowest BCUT2D eigenvalue weighted by molar-refractivity contribution is -0.139. The van der Waals surface area contributed by atoms with Crippen LogP contribution in [-0.4, -0.2) is 41.3 Å². The second kappa shape index (κ2) is 12.9. The number of hydrogen-bond donors (Lipinski definition) is 4. The molecule has 0 bridgehead atoms. The molecule has 0 aromatic rings. The van der Waals surface area contributed by atoms with Gasteiger partial charge in [-0.3, -0.25) is 9.59 Å². The monoisotopic (exact) mass is 248 g/mol. The van der Waals surface area contributed by atoms with E-state index in [-0.39, 0.29) is 6.54 Å². The zero-order valence-corrected chi connectivity index (χ0v) is 10.6. The molecule has 1 unspecified atom stereocenters. The Balaban J connectivity index is 0. The number of carboxylic acids is 2. The van der Waals surface area contributed by atoms with Gasteiger partial charge in [0.2, 0.25) is 0 Å². The number of hydrogen-bond acceptors (Lipinski definition) is 4. The lowest BCUT2D eigenvalue weighted by atomic mass is 10.1. The molecule has 0 aromatic heterocycles. The van der Waals surface area contributed by atoms with Gasteiger partial charge in [0, 0.05) is 0 Å². The van der Waals surface area contributed by atoms with E-state index in [2.05, 4.69) is 12.2 Å². The maximum Gasteiger partial charge on any atom is 0.320 e. The Kier molecular flexibility index (Phi) is 13.9. The van der Waals surface area contributed by atoms with Crippen LogP contribution in [0, 0.1) is 0 Å². The molecule has 0 aromatic carbocycles. The van der Waals surface area contributed by atoms with E-state index in [4.69, 9.17) is 15.9 Å². The summed E-state index contributed by atoms with van der Waals surface area (Å²) < 4.78 is 0. The van der Waals surface area contributed by atoms with Crippen molar-refractivity contribution in [3.8, 4) is 0 Å². The lowest BCUT2D eigenvalue weighted by Crippen LogP contribution is -2.29. The first-order valence-corrected chi connectivity index (χ1v) is 5.86. The molecule has 0 saturated carbocycles. The normalized spacial score (nSPS) is 11.2. The standard InChI is InChI=1S/C7H15NO2.C4H9NO2/c1-2-3-4-5-6(8)7(9)10;1-2-5-3-4(6)7/h6H,2-5,8H2,1H3,(H,9,10);5H,2-3H2,1H3,(H,6,7). The SMILES string of the molecule is CCCCCC(N)C(=O)O.CCNCC(=O)O. The van der Waals surface area contributed by atoms with Crippen LogP contribution in [0.25, 0.3) is 0 Å². The van der Waals surface area contributed by atoms with Crippen LogP contribution in [-0.2, 0) is 9.59 Å². The molecular weight excluding hydrogens is 224 g/mol. The van der Waals surface area contributed by atoms with E-state index in [9.17, 15) is 9.59 Å². The van der Waals surface area contributed by atoms with Crippen LogP contribution in [0.1, 0.15) is 39.5 Å². The van der Waals surface area contributed by atoms with Crippen LogP contribution in [0.2, 0.25) is 0 Å². The van der Waals surface area contributed by atoms with Gasteiger partial charge >= 0.3 is 11.9 Å². The van der Waals surface area contributed by atoms with Crippen molar-refractivity contribution in [2.24, 2.45) is 5.73 Å². The van der Waals surface area contributed by atoms with Crippen molar-refractivity contribution in [1.29, 1.82) is 0 Å². The first-order valence-electron chi connectivity index (χ1n) is 5.86. The summed E-state index contributed by atoms with van der Waals surface area (Å²) >= 11 is 0. The molecule has 0 saturated heterocycles. The minimum atomic E-state index is -0.892. The van der Waals surface area contributed by atoms with Gasteiger partial charge in [-0.1, -0.05) is 33.1 Å². The molecule has 0 rings (SSSR count). The van der Waals surface area contributed by atoms with Crippen LogP contribution in [0.15, 0.2) is 0 Å². The maximum atomic E-state index is 10.2. The highest BCUT2D eigenvalue weighted by Crippen LogP contribution is 2.01. The molecule has 0 fully saturated rings. The van der Waals surface area contributed by atoms with E-state index in [0.717, 1.165) is 19.3 Å². The van der Waals surface area contributed by atoms with Crippen molar-refractivity contribution < 1.29 is 19.8 Å². The van der Waals surface area contributed by atoms with Gasteiger partial charge in [0.15, 0.2) is 0 Å². The third-order valence-electron chi connectivity index (χ3n) is 1.96. The zero-order valence-electron chi connectivity index (χ0n) is 10.6. The van der Waals surface area contributed by atoms with Crippen LogP contribution < -0.4 is 11.1 Å². The molecule has 0 radical (unpaired) electrons. The van der Waals surface area contributed by atoms with Crippen LogP contribution in [0.5, 0.6) is 0 Å². The van der Waals surface area contributed by atoms with E-state index < -0.39 is 18.0 Å². The summed E-state index contributed by atoms with van der Waals surface area (Å²) in [4.78, 5) is 19.9. The summed E-state index contributed by atoms with van der Waals surface area (Å²) in [6.45, 7) is 4.72. The largest absolute Gasteiger partial charge is 0.480 e. The summed E-state index contributed by atoms with van der Waals surface area (Å²) in [5.74, 6) is -1.70. The quantitative estimate of drug-likeness (QED) is 0.469. The number of nitrogens with one attached hydrogen (secondary N) is 1. The molecule has 17 heavy (non-hydrogen) atoms. The minimum absolute atomic E-state index is 0.0660. The van der Waals surface area contributed by atoms with E-state index >= 15 is 0 Å². The van der Waals surface area contributed by atoms with Crippen molar-refractivity contribution >= 4 is 11.9 Å².